The molecule has 0 radical (unpaired) electrons. The Bertz CT molecular complexity index is 950. The molecule has 0 aromatic heterocycles. The molecule has 2 aliphatic rings. The highest BCUT2D eigenvalue weighted by atomic mass is 35.5. The predicted molar refractivity (Wildman–Crippen MR) is 117 cm³/mol. The molecule has 2 aliphatic heterocycles. The third kappa shape index (κ3) is 6.69. The predicted octanol–water partition coefficient (Wildman–Crippen LogP) is 1.66. The van der Waals surface area contributed by atoms with E-state index in [4.69, 9.17) is 23.2 Å². The van der Waals surface area contributed by atoms with Gasteiger partial charge in [-0.3, -0.25) is 4.79 Å². The maximum atomic E-state index is 12.6. The number of carbonyl (C=O) groups excluding carboxylic acids is 2. The molecular formula is C19H26Cl2N5O4S+. The van der Waals surface area contributed by atoms with Crippen LogP contribution in [0.2, 0.25) is 0 Å². The van der Waals surface area contributed by atoms with E-state index in [1.807, 2.05) is 0 Å². The van der Waals surface area contributed by atoms with E-state index in [2.05, 4.69) is 20.5 Å². The monoisotopic (exact) mass is 490 g/mol. The number of sulfonamides is 1. The van der Waals surface area contributed by atoms with Gasteiger partial charge in [0.15, 0.2) is 5.38 Å². The minimum absolute atomic E-state index is 0.0476. The zero-order valence-corrected chi connectivity index (χ0v) is 19.2. The standard InChI is InChI=1S/C19H25Cl2N5O4S/c20-16-11-23-26(19(28)18(16)21)12-17(27)25-14-5-3-6-15(10-14)31(29,30)24-9-7-13-4-1-2-8-22-13/h3,5-6,10,13,16,18,22,24H,1-2,4,7-9,11-12H2/p+1. The Morgan fingerprint density at radius 3 is 2.84 bits per heavy atom. The fraction of sp³-hybridized carbons (Fsp3) is 0.579. The number of carbonyl (C=O) groups is 2. The fourth-order valence-electron chi connectivity index (χ4n) is 3.46. The van der Waals surface area contributed by atoms with Crippen LogP contribution in [0.5, 0.6) is 0 Å². The van der Waals surface area contributed by atoms with E-state index in [9.17, 15) is 18.0 Å². The van der Waals surface area contributed by atoms with E-state index >= 15 is 0 Å². The van der Waals surface area contributed by atoms with Gasteiger partial charge in [-0.05, 0) is 53.8 Å². The smallest absolute Gasteiger partial charge is 0.320 e. The second-order valence-corrected chi connectivity index (χ2v) is 10.3. The molecule has 2 amide bonds. The van der Waals surface area contributed by atoms with Crippen LogP contribution >= 0.6 is 23.2 Å². The van der Waals surface area contributed by atoms with Gasteiger partial charge >= 0.3 is 5.91 Å². The van der Waals surface area contributed by atoms with Gasteiger partial charge in [-0.25, -0.2) is 17.9 Å². The lowest BCUT2D eigenvalue weighted by atomic mass is 10.0. The topological polar surface area (TPSA) is 120 Å². The highest BCUT2D eigenvalue weighted by molar-refractivity contribution is 7.89. The summed E-state index contributed by atoms with van der Waals surface area (Å²) >= 11 is 11.8. The molecule has 0 spiro atoms. The first-order valence-corrected chi connectivity index (χ1v) is 12.5. The van der Waals surface area contributed by atoms with Gasteiger partial charge in [-0.1, -0.05) is 12.5 Å². The number of rotatable bonds is 8. The number of alkyl halides is 2. The first-order valence-electron chi connectivity index (χ1n) is 10.2. The number of azo groups is 2. The molecule has 1 saturated heterocycles. The zero-order chi connectivity index (χ0) is 22.4. The molecule has 31 heavy (non-hydrogen) atoms. The molecule has 170 valence electrons. The number of nitrogens with one attached hydrogen (secondary N) is 3. The van der Waals surface area contributed by atoms with E-state index in [-0.39, 0.29) is 18.0 Å². The van der Waals surface area contributed by atoms with E-state index in [0.29, 0.717) is 24.7 Å². The van der Waals surface area contributed by atoms with Crippen molar-refractivity contribution in [3.8, 4) is 0 Å². The number of amides is 2. The van der Waals surface area contributed by atoms with Crippen LogP contribution in [0.3, 0.4) is 0 Å². The van der Waals surface area contributed by atoms with Gasteiger partial charge in [0.1, 0.15) is 6.54 Å². The molecule has 2 heterocycles. The number of hydrogen-bond acceptors (Lipinski definition) is 6. The number of benzene rings is 1. The lowest BCUT2D eigenvalue weighted by molar-refractivity contribution is -0.508. The van der Waals surface area contributed by atoms with Crippen LogP contribution in [-0.2, 0) is 19.6 Å². The summed E-state index contributed by atoms with van der Waals surface area (Å²) in [5.74, 6) is -1.07. The third-order valence-electron chi connectivity index (χ3n) is 5.15. The van der Waals surface area contributed by atoms with Gasteiger partial charge in [0, 0.05) is 18.3 Å². The van der Waals surface area contributed by atoms with Crippen molar-refractivity contribution >= 4 is 50.7 Å². The Hall–Kier alpha value is -1.59. The highest BCUT2D eigenvalue weighted by Gasteiger charge is 2.40. The van der Waals surface area contributed by atoms with Crippen LogP contribution in [-0.4, -0.2) is 67.9 Å². The van der Waals surface area contributed by atoms with E-state index < -0.39 is 32.6 Å². The van der Waals surface area contributed by atoms with Crippen molar-refractivity contribution in [2.45, 2.75) is 47.4 Å². The first-order chi connectivity index (χ1) is 14.8. The fourth-order valence-corrected chi connectivity index (χ4v) is 4.92. The van der Waals surface area contributed by atoms with Gasteiger partial charge in [-0.2, -0.15) is 0 Å². The van der Waals surface area contributed by atoms with Crippen molar-refractivity contribution in [3.63, 3.8) is 0 Å². The number of hydrogen-bond donors (Lipinski definition) is 3. The quantitative estimate of drug-likeness (QED) is 0.378. The maximum absolute atomic E-state index is 12.6. The Balaban J connectivity index is 1.56. The van der Waals surface area contributed by atoms with Crippen LogP contribution in [0.25, 0.3) is 0 Å². The molecule has 0 bridgehead atoms. The van der Waals surface area contributed by atoms with Gasteiger partial charge < -0.3 is 10.6 Å². The molecule has 3 unspecified atom stereocenters. The molecule has 1 aromatic carbocycles. The van der Waals surface area contributed by atoms with Crippen LogP contribution in [0.1, 0.15) is 25.7 Å². The van der Waals surface area contributed by atoms with Gasteiger partial charge in [-0.15, -0.1) is 23.2 Å². The number of nitrogens with zero attached hydrogens (tertiary/aromatic N) is 2. The number of piperidine rings is 1. The summed E-state index contributed by atoms with van der Waals surface area (Å²) in [6.07, 6.45) is 4.07. The highest BCUT2D eigenvalue weighted by Crippen LogP contribution is 2.18. The average Bonchev–Trinajstić information content (AvgIpc) is 2.75. The third-order valence-corrected chi connectivity index (χ3v) is 7.62. The van der Waals surface area contributed by atoms with Crippen LogP contribution in [0.4, 0.5) is 5.69 Å². The van der Waals surface area contributed by atoms with Gasteiger partial charge in [0.25, 0.3) is 12.5 Å². The minimum Gasteiger partial charge on any atom is -0.320 e. The zero-order valence-electron chi connectivity index (χ0n) is 16.9. The Labute approximate surface area is 191 Å². The average molecular weight is 491 g/mol. The first kappa shape index (κ1) is 24.1. The molecule has 0 saturated carbocycles. The molecule has 0 aliphatic carbocycles. The van der Waals surface area contributed by atoms with Crippen molar-refractivity contribution in [1.82, 2.24) is 10.0 Å². The normalized spacial score (nSPS) is 24.5. The molecule has 3 rings (SSSR count). The molecule has 12 heteroatoms. The van der Waals surface area contributed by atoms with Crippen LogP contribution < -0.4 is 15.4 Å². The van der Waals surface area contributed by atoms with Gasteiger partial charge in [0.2, 0.25) is 10.0 Å². The largest absolute Gasteiger partial charge is 0.431 e. The lowest BCUT2D eigenvalue weighted by Gasteiger charge is -2.23. The van der Waals surface area contributed by atoms with E-state index in [0.717, 1.165) is 30.5 Å². The molecular weight excluding hydrogens is 465 g/mol. The maximum Gasteiger partial charge on any atom is 0.431 e. The number of anilines is 1. The Morgan fingerprint density at radius 2 is 2.10 bits per heavy atom. The minimum atomic E-state index is -3.71. The molecule has 3 atom stereocenters. The molecule has 1 aromatic rings. The lowest BCUT2D eigenvalue weighted by Crippen LogP contribution is -2.42. The summed E-state index contributed by atoms with van der Waals surface area (Å²) in [6, 6.07) is 6.26. The van der Waals surface area contributed by atoms with E-state index in [1.165, 1.54) is 18.2 Å². The van der Waals surface area contributed by atoms with Crippen molar-refractivity contribution in [1.29, 1.82) is 0 Å². The van der Waals surface area contributed by atoms with Crippen molar-refractivity contribution in [2.24, 2.45) is 5.11 Å². The van der Waals surface area contributed by atoms with Crippen molar-refractivity contribution in [3.05, 3.63) is 24.3 Å². The molecule has 9 nitrogen and oxygen atoms in total. The summed E-state index contributed by atoms with van der Waals surface area (Å²) in [7, 11) is -3.71. The second-order valence-electron chi connectivity index (χ2n) is 7.55. The van der Waals surface area contributed by atoms with Gasteiger partial charge in [0.05, 0.1) is 10.3 Å². The summed E-state index contributed by atoms with van der Waals surface area (Å²) in [4.78, 5) is 24.4. The summed E-state index contributed by atoms with van der Waals surface area (Å²) in [5.41, 5.74) is 0.295. The second kappa shape index (κ2) is 10.8. The van der Waals surface area contributed by atoms with Crippen LogP contribution in [0, 0.1) is 0 Å². The summed E-state index contributed by atoms with van der Waals surface area (Å²) in [5, 5.41) is 8.35. The Kier molecular flexibility index (Phi) is 8.40. The summed E-state index contributed by atoms with van der Waals surface area (Å²) < 4.78 is 28.8. The summed E-state index contributed by atoms with van der Waals surface area (Å²) in [6.45, 7) is 1.09. The molecule has 3 N–H and O–H groups in total. The van der Waals surface area contributed by atoms with E-state index in [1.54, 1.807) is 6.07 Å². The van der Waals surface area contributed by atoms with Crippen molar-refractivity contribution in [2.75, 3.05) is 31.5 Å². The van der Waals surface area contributed by atoms with Crippen molar-refractivity contribution < 1.29 is 22.7 Å². The Morgan fingerprint density at radius 1 is 1.29 bits per heavy atom. The number of halogens is 2. The van der Waals surface area contributed by atoms with Crippen LogP contribution in [0.15, 0.2) is 34.3 Å². The molecule has 1 fully saturated rings. The SMILES string of the molecule is O=C(C[N+]1=NCC(Cl)C(Cl)C1=O)Nc1cccc(S(=O)(=O)NCCC2CCCCN2)c1.